The number of carboxylic acids is 1. The first-order valence-corrected chi connectivity index (χ1v) is 15.8. The molecule has 1 N–H and O–H groups in total. The second-order valence-corrected chi connectivity index (χ2v) is 14.5. The molecule has 4 rings (SSSR count). The zero-order chi connectivity index (χ0) is 29.9. The smallest absolute Gasteiger partial charge is 0.326 e. The molecule has 2 fully saturated rings. The van der Waals surface area contributed by atoms with Crippen LogP contribution in [0.2, 0.25) is 5.02 Å². The number of rotatable bonds is 9. The van der Waals surface area contributed by atoms with Gasteiger partial charge in [0.15, 0.2) is 11.1 Å². The number of hydrogen-bond donors (Lipinski definition) is 1. The maximum atomic E-state index is 14.1. The molecule has 1 aromatic carbocycles. The normalized spacial score (nSPS) is 24.3. The topological polar surface area (TPSA) is 115 Å². The number of carbonyl (C=O) groups excluding carboxylic acids is 2. The molecule has 3 aliphatic rings. The van der Waals surface area contributed by atoms with Crippen LogP contribution in [-0.4, -0.2) is 71.2 Å². The maximum Gasteiger partial charge on any atom is 0.326 e. The van der Waals surface area contributed by atoms with Crippen molar-refractivity contribution in [3.63, 3.8) is 0 Å². The number of hydrogen-bond acceptors (Lipinski definition) is 7. The van der Waals surface area contributed by atoms with Gasteiger partial charge in [-0.05, 0) is 26.0 Å². The van der Waals surface area contributed by atoms with E-state index in [1.54, 1.807) is 12.1 Å². The number of aliphatic carboxylic acids is 1. The van der Waals surface area contributed by atoms with E-state index >= 15 is 0 Å². The van der Waals surface area contributed by atoms with E-state index in [4.69, 9.17) is 25.9 Å². The van der Waals surface area contributed by atoms with Gasteiger partial charge < -0.3 is 24.3 Å². The fourth-order valence-electron chi connectivity index (χ4n) is 6.21. The molecule has 0 bridgehead atoms. The summed E-state index contributed by atoms with van der Waals surface area (Å²) < 4.78 is 10.8. The van der Waals surface area contributed by atoms with E-state index in [1.165, 1.54) is 32.0 Å². The molecule has 41 heavy (non-hydrogen) atoms. The Morgan fingerprint density at radius 2 is 1.80 bits per heavy atom. The van der Waals surface area contributed by atoms with Crippen molar-refractivity contribution >= 4 is 43.3 Å². The predicted octanol–water partition coefficient (Wildman–Crippen LogP) is 5.89. The number of methoxy groups -OCH3 is 2. The molecule has 0 aromatic heterocycles. The zero-order valence-corrected chi connectivity index (χ0v) is 26.4. The summed E-state index contributed by atoms with van der Waals surface area (Å²) in [5.41, 5.74) is -0.847. The van der Waals surface area contributed by atoms with E-state index in [1.807, 2.05) is 20.8 Å². The Hall–Kier alpha value is -2.38. The van der Waals surface area contributed by atoms with Crippen LogP contribution in [0.1, 0.15) is 84.1 Å². The second-order valence-electron chi connectivity index (χ2n) is 12.6. The van der Waals surface area contributed by atoms with Gasteiger partial charge in [-0.3, -0.25) is 9.59 Å². The van der Waals surface area contributed by atoms with E-state index in [2.05, 4.69) is 5.16 Å². The summed E-state index contributed by atoms with van der Waals surface area (Å²) in [6.07, 6.45) is 7.72. The van der Waals surface area contributed by atoms with Crippen LogP contribution in [0.3, 0.4) is 0 Å². The molecule has 1 unspecified atom stereocenters. The quantitative estimate of drug-likeness (QED) is 0.275. The van der Waals surface area contributed by atoms with Crippen molar-refractivity contribution in [2.75, 3.05) is 20.8 Å². The minimum absolute atomic E-state index is 0.0654. The number of nitrogens with zero attached hydrogens (tertiary/aromatic N) is 2. The average molecular weight is 609 g/mol. The molecule has 11 heteroatoms. The number of ether oxygens (including phenoxy) is 2. The molecule has 0 radical (unpaired) electrons. The minimum Gasteiger partial charge on any atom is -0.496 e. The number of likely N-dealkylation sites (tertiary alicyclic amines) is 1. The number of oxime groups is 1. The molecule has 226 valence electrons. The molecular formula is C30H42ClN2O7P. The van der Waals surface area contributed by atoms with Gasteiger partial charge in [0.25, 0.3) is 0 Å². The van der Waals surface area contributed by atoms with E-state index in [-0.39, 0.29) is 39.4 Å². The van der Waals surface area contributed by atoms with Gasteiger partial charge in [0.05, 0.1) is 37.2 Å². The highest BCUT2D eigenvalue weighted by Gasteiger charge is 2.55. The van der Waals surface area contributed by atoms with Gasteiger partial charge in [-0.15, -0.1) is 0 Å². The highest BCUT2D eigenvalue weighted by atomic mass is 35.5. The van der Waals surface area contributed by atoms with Gasteiger partial charge in [-0.2, -0.15) is 0 Å². The number of carbonyl (C=O) groups is 3. The summed E-state index contributed by atoms with van der Waals surface area (Å²) in [7, 11) is 2.83. The largest absolute Gasteiger partial charge is 0.496 e. The van der Waals surface area contributed by atoms with E-state index in [9.17, 15) is 19.5 Å². The van der Waals surface area contributed by atoms with Crippen LogP contribution in [0, 0.1) is 11.3 Å². The number of halogens is 1. The van der Waals surface area contributed by atoms with Crippen LogP contribution < -0.4 is 9.47 Å². The Morgan fingerprint density at radius 3 is 2.39 bits per heavy atom. The molecule has 9 nitrogen and oxygen atoms in total. The molecule has 1 amide bonds. The molecule has 1 aliphatic carbocycles. The second kappa shape index (κ2) is 12.9. The van der Waals surface area contributed by atoms with Crippen LogP contribution in [0.4, 0.5) is 0 Å². The maximum absolute atomic E-state index is 14.1. The van der Waals surface area contributed by atoms with Crippen LogP contribution in [0.5, 0.6) is 11.5 Å². The monoisotopic (exact) mass is 608 g/mol. The first-order chi connectivity index (χ1) is 19.4. The molecule has 1 saturated heterocycles. The summed E-state index contributed by atoms with van der Waals surface area (Å²) in [4.78, 5) is 47.1. The van der Waals surface area contributed by atoms with Crippen molar-refractivity contribution in [1.29, 1.82) is 0 Å². The number of benzene rings is 1. The van der Waals surface area contributed by atoms with E-state index in [0.29, 0.717) is 40.1 Å². The van der Waals surface area contributed by atoms with Gasteiger partial charge >= 0.3 is 5.97 Å². The highest BCUT2D eigenvalue weighted by molar-refractivity contribution is 7.59. The lowest BCUT2D eigenvalue weighted by Gasteiger charge is -2.34. The van der Waals surface area contributed by atoms with Crippen LogP contribution in [0.25, 0.3) is 0 Å². The fraction of sp³-hybridized carbons (Fsp3) is 0.667. The van der Waals surface area contributed by atoms with Gasteiger partial charge in [0.1, 0.15) is 17.5 Å². The van der Waals surface area contributed by atoms with Crippen molar-refractivity contribution in [2.45, 2.75) is 95.9 Å². The third-order valence-corrected chi connectivity index (χ3v) is 10.7. The summed E-state index contributed by atoms with van der Waals surface area (Å²) in [6.45, 7) is 5.89. The Kier molecular flexibility index (Phi) is 9.90. The molecule has 2 aliphatic heterocycles. The van der Waals surface area contributed by atoms with Crippen LogP contribution in [-0.2, 0) is 19.2 Å². The summed E-state index contributed by atoms with van der Waals surface area (Å²) in [5, 5.41) is 14.8. The van der Waals surface area contributed by atoms with Crippen molar-refractivity contribution in [3.05, 3.63) is 22.7 Å². The molecule has 4 atom stereocenters. The zero-order valence-electron chi connectivity index (χ0n) is 24.6. The lowest BCUT2D eigenvalue weighted by atomic mass is 9.90. The molecule has 2 heterocycles. The first kappa shape index (κ1) is 31.6. The van der Waals surface area contributed by atoms with E-state index in [0.717, 1.165) is 25.7 Å². The Labute approximate surface area is 249 Å². The lowest BCUT2D eigenvalue weighted by molar-refractivity contribution is -0.148. The average Bonchev–Trinajstić information content (AvgIpc) is 3.41. The SMILES string of the molecule is COc1cc(OC)c(C2=NO[C@]3(C2)C[C@@H](C(=O)O)N(C(=O)[C@@H](PC(=O)CC2CCCCCC2)C(C)(C)C)C3)cc1Cl. The highest BCUT2D eigenvalue weighted by Crippen LogP contribution is 2.45. The molecule has 1 saturated carbocycles. The molecule has 1 spiro atoms. The molecule has 1 aromatic rings. The Bertz CT molecular complexity index is 1190. The third-order valence-electron chi connectivity index (χ3n) is 8.46. The number of amides is 1. The van der Waals surface area contributed by atoms with Crippen molar-refractivity contribution in [3.8, 4) is 11.5 Å². The van der Waals surface area contributed by atoms with Gasteiger partial charge in [-0.1, -0.05) is 76.1 Å². The molecular weight excluding hydrogens is 567 g/mol. The van der Waals surface area contributed by atoms with Crippen LogP contribution in [0.15, 0.2) is 17.3 Å². The number of carboxylic acid groups (broad SMARTS) is 1. The van der Waals surface area contributed by atoms with Crippen molar-refractivity contribution < 1.29 is 33.8 Å². The van der Waals surface area contributed by atoms with Crippen molar-refractivity contribution in [2.24, 2.45) is 16.5 Å². The lowest BCUT2D eigenvalue weighted by Crippen LogP contribution is -2.48. The predicted molar refractivity (Wildman–Crippen MR) is 160 cm³/mol. The van der Waals surface area contributed by atoms with E-state index < -0.39 is 28.7 Å². The minimum atomic E-state index is -1.10. The third kappa shape index (κ3) is 7.16. The summed E-state index contributed by atoms with van der Waals surface area (Å²) >= 11 is 6.37. The Balaban J connectivity index is 1.52. The Morgan fingerprint density at radius 1 is 1.15 bits per heavy atom. The summed E-state index contributed by atoms with van der Waals surface area (Å²) in [5.74, 6) is -0.0872. The first-order valence-electron chi connectivity index (χ1n) is 14.4. The van der Waals surface area contributed by atoms with Crippen molar-refractivity contribution in [1.82, 2.24) is 4.90 Å². The fourth-order valence-corrected chi connectivity index (χ4v) is 7.90. The summed E-state index contributed by atoms with van der Waals surface area (Å²) in [6, 6.07) is 2.27. The van der Waals surface area contributed by atoms with Gasteiger partial charge in [-0.25, -0.2) is 4.79 Å². The van der Waals surface area contributed by atoms with Crippen LogP contribution >= 0.6 is 20.2 Å². The van der Waals surface area contributed by atoms with Gasteiger partial charge in [0.2, 0.25) is 5.91 Å². The standard InChI is InChI=1S/C30H42ClN2O7P/c1-29(2,3)26(41-25(34)12-18-10-8-6-7-9-11-18)27(35)33-17-30(16-22(33)28(36)37)15-21(32-40-30)19-13-20(31)24(39-5)14-23(19)38-4/h13-14,18,22,26,41H,6-12,15-17H2,1-5H3,(H,36,37)/t22-,26+,30+/m0/s1. The van der Waals surface area contributed by atoms with Gasteiger partial charge in [0, 0.05) is 30.9 Å².